The van der Waals surface area contributed by atoms with Gasteiger partial charge in [0.1, 0.15) is 18.3 Å². The van der Waals surface area contributed by atoms with E-state index in [1.54, 1.807) is 30.3 Å². The molecule has 2 amide bonds. The molecule has 8 heteroatoms. The van der Waals surface area contributed by atoms with Gasteiger partial charge in [-0.05, 0) is 5.56 Å². The molecule has 8 nitrogen and oxygen atoms in total. The Kier molecular flexibility index (Phi) is 7.09. The number of carbonyl (C=O) groups excluding carboxylic acids is 2. The number of amides is 2. The molecular weight excluding hydrogens is 294 g/mol. The molecule has 0 heterocycles. The number of imide groups is 1. The van der Waals surface area contributed by atoms with Gasteiger partial charge in [-0.1, -0.05) is 30.3 Å². The lowest BCUT2D eigenvalue weighted by Crippen LogP contribution is -2.52. The number of carbonyl (C=O) groups is 2. The van der Waals surface area contributed by atoms with Crippen LogP contribution in [0.4, 0.5) is 0 Å². The molecule has 0 saturated carbocycles. The molecule has 1 aromatic rings. The summed E-state index contributed by atoms with van der Waals surface area (Å²) in [5.74, 6) is -1.91. The first-order chi connectivity index (χ1) is 10.4. The summed E-state index contributed by atoms with van der Waals surface area (Å²) < 4.78 is 0. The highest BCUT2D eigenvalue weighted by Gasteiger charge is 2.34. The Morgan fingerprint density at radius 3 is 2.14 bits per heavy atom. The fourth-order valence-electron chi connectivity index (χ4n) is 1.71. The highest BCUT2D eigenvalue weighted by Crippen LogP contribution is 2.06. The molecule has 6 N–H and O–H groups in total. The smallest absolute Gasteiger partial charge is 0.258 e. The maximum absolute atomic E-state index is 11.6. The van der Waals surface area contributed by atoms with Gasteiger partial charge >= 0.3 is 0 Å². The standard InChI is InChI=1S/C14H19NO7/c16-7-9(17)11(19)12(20)13(21)14(22)15-10(18)6-8-4-2-1-3-5-8/h1-5,9,11-13,16-17,19-21H,6-7H2,(H,15,18,22)/t9-,11-,12+,13-/m1/s1. The summed E-state index contributed by atoms with van der Waals surface area (Å²) in [7, 11) is 0. The largest absolute Gasteiger partial charge is 0.394 e. The van der Waals surface area contributed by atoms with Gasteiger partial charge in [0, 0.05) is 0 Å². The van der Waals surface area contributed by atoms with Crippen molar-refractivity contribution < 1.29 is 35.1 Å². The van der Waals surface area contributed by atoms with Crippen LogP contribution < -0.4 is 5.32 Å². The predicted molar refractivity (Wildman–Crippen MR) is 74.4 cm³/mol. The van der Waals surface area contributed by atoms with E-state index in [1.165, 1.54) is 0 Å². The molecule has 0 aliphatic carbocycles. The van der Waals surface area contributed by atoms with Gasteiger partial charge in [0.25, 0.3) is 5.91 Å². The van der Waals surface area contributed by atoms with Crippen molar-refractivity contribution in [1.29, 1.82) is 0 Å². The van der Waals surface area contributed by atoms with E-state index in [-0.39, 0.29) is 6.42 Å². The first-order valence-electron chi connectivity index (χ1n) is 6.57. The summed E-state index contributed by atoms with van der Waals surface area (Å²) >= 11 is 0. The summed E-state index contributed by atoms with van der Waals surface area (Å²) in [4.78, 5) is 23.2. The van der Waals surface area contributed by atoms with E-state index in [1.807, 2.05) is 5.32 Å². The average molecular weight is 313 g/mol. The molecule has 0 unspecified atom stereocenters. The number of aliphatic hydroxyl groups is 5. The van der Waals surface area contributed by atoms with E-state index in [0.29, 0.717) is 5.56 Å². The Bertz CT molecular complexity index is 493. The third-order valence-electron chi connectivity index (χ3n) is 2.99. The fraction of sp³-hybridized carbons (Fsp3) is 0.429. The van der Waals surface area contributed by atoms with E-state index in [0.717, 1.165) is 0 Å². The molecule has 0 bridgehead atoms. The van der Waals surface area contributed by atoms with Crippen LogP contribution in [0.15, 0.2) is 30.3 Å². The average Bonchev–Trinajstić information content (AvgIpc) is 2.52. The van der Waals surface area contributed by atoms with Gasteiger partial charge in [-0.25, -0.2) is 0 Å². The predicted octanol–water partition coefficient (Wildman–Crippen LogP) is -2.69. The molecular formula is C14H19NO7. The summed E-state index contributed by atoms with van der Waals surface area (Å²) in [6, 6.07) is 8.55. The normalized spacial score (nSPS) is 16.4. The second-order valence-electron chi connectivity index (χ2n) is 4.75. The SMILES string of the molecule is O=C(Cc1ccccc1)NC(=O)[C@H](O)[C@@H](O)[C@H](O)[C@H](O)CO. The first-order valence-corrected chi connectivity index (χ1v) is 6.57. The quantitative estimate of drug-likeness (QED) is 0.321. The Labute approximate surface area is 126 Å². The molecule has 22 heavy (non-hydrogen) atoms. The second-order valence-corrected chi connectivity index (χ2v) is 4.75. The van der Waals surface area contributed by atoms with Crippen molar-refractivity contribution in [1.82, 2.24) is 5.32 Å². The van der Waals surface area contributed by atoms with Crippen molar-refractivity contribution in [3.8, 4) is 0 Å². The monoisotopic (exact) mass is 313 g/mol. The van der Waals surface area contributed by atoms with E-state index in [9.17, 15) is 24.9 Å². The zero-order chi connectivity index (χ0) is 16.7. The maximum atomic E-state index is 11.6. The van der Waals surface area contributed by atoms with E-state index in [4.69, 9.17) is 10.2 Å². The van der Waals surface area contributed by atoms with Crippen molar-refractivity contribution in [3.05, 3.63) is 35.9 Å². The minimum absolute atomic E-state index is 0.1000. The molecule has 122 valence electrons. The zero-order valence-corrected chi connectivity index (χ0v) is 11.7. The lowest BCUT2D eigenvalue weighted by molar-refractivity contribution is -0.151. The summed E-state index contributed by atoms with van der Waals surface area (Å²) in [6.07, 6.45) is -7.94. The van der Waals surface area contributed by atoms with Crippen LogP contribution in [0.1, 0.15) is 5.56 Å². The highest BCUT2D eigenvalue weighted by atomic mass is 16.4. The Balaban J connectivity index is 2.54. The number of hydrogen-bond acceptors (Lipinski definition) is 7. The molecule has 1 rings (SSSR count). The number of hydrogen-bond donors (Lipinski definition) is 6. The van der Waals surface area contributed by atoms with Gasteiger partial charge in [-0.3, -0.25) is 14.9 Å². The molecule has 0 radical (unpaired) electrons. The molecule has 1 aromatic carbocycles. The molecule has 0 spiro atoms. The fourth-order valence-corrected chi connectivity index (χ4v) is 1.71. The van der Waals surface area contributed by atoms with Gasteiger partial charge in [0.15, 0.2) is 6.10 Å². The Morgan fingerprint density at radius 1 is 1.00 bits per heavy atom. The van der Waals surface area contributed by atoms with Gasteiger partial charge in [-0.15, -0.1) is 0 Å². The molecule has 0 aromatic heterocycles. The molecule has 0 fully saturated rings. The van der Waals surface area contributed by atoms with Crippen molar-refractivity contribution in [3.63, 3.8) is 0 Å². The van der Waals surface area contributed by atoms with Crippen LogP contribution in [0.3, 0.4) is 0 Å². The van der Waals surface area contributed by atoms with Crippen molar-refractivity contribution >= 4 is 11.8 Å². The number of benzene rings is 1. The lowest BCUT2D eigenvalue weighted by Gasteiger charge is -2.24. The van der Waals surface area contributed by atoms with Crippen LogP contribution in [0.5, 0.6) is 0 Å². The molecule has 4 atom stereocenters. The van der Waals surface area contributed by atoms with Gasteiger partial charge in [0.2, 0.25) is 5.91 Å². The van der Waals surface area contributed by atoms with E-state index >= 15 is 0 Å². The third kappa shape index (κ3) is 5.17. The van der Waals surface area contributed by atoms with Crippen molar-refractivity contribution in [2.24, 2.45) is 0 Å². The van der Waals surface area contributed by atoms with Crippen LogP contribution in [-0.2, 0) is 16.0 Å². The van der Waals surface area contributed by atoms with Gasteiger partial charge in [0.05, 0.1) is 13.0 Å². The Morgan fingerprint density at radius 2 is 1.59 bits per heavy atom. The van der Waals surface area contributed by atoms with E-state index in [2.05, 4.69) is 0 Å². The van der Waals surface area contributed by atoms with Crippen molar-refractivity contribution in [2.75, 3.05) is 6.61 Å². The lowest BCUT2D eigenvalue weighted by atomic mass is 10.0. The van der Waals surface area contributed by atoms with E-state index < -0.39 is 42.8 Å². The van der Waals surface area contributed by atoms with Crippen LogP contribution in [0.25, 0.3) is 0 Å². The minimum Gasteiger partial charge on any atom is -0.394 e. The van der Waals surface area contributed by atoms with Gasteiger partial charge in [-0.2, -0.15) is 0 Å². The first kappa shape index (κ1) is 18.2. The highest BCUT2D eigenvalue weighted by molar-refractivity contribution is 5.98. The number of rotatable bonds is 7. The van der Waals surface area contributed by atoms with Crippen LogP contribution in [-0.4, -0.2) is 68.4 Å². The summed E-state index contributed by atoms with van der Waals surface area (Å²) in [5, 5.41) is 48.1. The minimum atomic E-state index is -2.13. The number of aliphatic hydroxyl groups excluding tert-OH is 5. The summed E-state index contributed by atoms with van der Waals surface area (Å²) in [5.41, 5.74) is 0.651. The van der Waals surface area contributed by atoms with Crippen molar-refractivity contribution in [2.45, 2.75) is 30.8 Å². The number of nitrogens with one attached hydrogen (secondary N) is 1. The third-order valence-corrected chi connectivity index (χ3v) is 2.99. The maximum Gasteiger partial charge on any atom is 0.258 e. The van der Waals surface area contributed by atoms with Crippen LogP contribution in [0.2, 0.25) is 0 Å². The molecule has 0 aliphatic heterocycles. The van der Waals surface area contributed by atoms with Gasteiger partial charge < -0.3 is 25.5 Å². The molecule has 0 aliphatic rings. The second kappa shape index (κ2) is 8.57. The van der Waals surface area contributed by atoms with Crippen LogP contribution >= 0.6 is 0 Å². The van der Waals surface area contributed by atoms with Crippen LogP contribution in [0, 0.1) is 0 Å². The Hall–Kier alpha value is -1.84. The molecule has 0 saturated heterocycles. The zero-order valence-electron chi connectivity index (χ0n) is 11.7. The summed E-state index contributed by atoms with van der Waals surface area (Å²) in [6.45, 7) is -0.862. The topological polar surface area (TPSA) is 147 Å².